The number of nitrogens with one attached hydrogen (secondary N) is 4. The maximum atomic E-state index is 13.2. The first kappa shape index (κ1) is 33.9. The molecule has 2 unspecified atom stereocenters. The number of ether oxygens (including phenoxy) is 2. The van der Waals surface area contributed by atoms with Crippen LogP contribution in [0.25, 0.3) is 5.76 Å². The number of amides is 1. The standard InChI is InChI=1S/C32H45F2N5O4/c1-21(19-43-22(2)24-8-7-9-25(16-24)26(35)10-12-31(5,33)34)29(40)38-27(18-37-17-23-11-15-42-20-23)28(36)39-14-13-30(3,4)32(39,6)41/h7-9,16,18-19,23,35-37,41H,2,10-15,17,20H2,1,3-6H3,(H,38,40)/b21-19+,27-18+,35-26?,36-28?. The number of amidine groups is 1. The zero-order valence-corrected chi connectivity index (χ0v) is 25.8. The average molecular weight is 602 g/mol. The van der Waals surface area contributed by atoms with Crippen molar-refractivity contribution in [2.45, 2.75) is 71.9 Å². The van der Waals surface area contributed by atoms with Crippen LogP contribution in [0.5, 0.6) is 0 Å². The van der Waals surface area contributed by atoms with Crippen LogP contribution in [0, 0.1) is 22.2 Å². The number of aliphatic hydroxyl groups is 1. The fourth-order valence-corrected chi connectivity index (χ4v) is 4.79. The maximum Gasteiger partial charge on any atom is 0.254 e. The number of benzene rings is 1. The molecule has 43 heavy (non-hydrogen) atoms. The quantitative estimate of drug-likeness (QED) is 0.0893. The second kappa shape index (κ2) is 13.8. The number of alkyl halides is 2. The van der Waals surface area contributed by atoms with Crippen molar-refractivity contribution in [3.05, 3.63) is 65.7 Å². The molecule has 0 bridgehead atoms. The molecule has 236 valence electrons. The lowest BCUT2D eigenvalue weighted by Gasteiger charge is -2.40. The molecule has 1 amide bonds. The Morgan fingerprint density at radius 1 is 1.30 bits per heavy atom. The topological polar surface area (TPSA) is 131 Å². The van der Waals surface area contributed by atoms with Crippen LogP contribution in [-0.4, -0.2) is 65.4 Å². The first-order valence-corrected chi connectivity index (χ1v) is 14.5. The summed E-state index contributed by atoms with van der Waals surface area (Å²) in [6, 6.07) is 6.69. The van der Waals surface area contributed by atoms with E-state index in [9.17, 15) is 18.7 Å². The van der Waals surface area contributed by atoms with Gasteiger partial charge in [0.15, 0.2) is 0 Å². The molecule has 2 atom stereocenters. The molecule has 0 aliphatic carbocycles. The molecule has 0 aromatic heterocycles. The van der Waals surface area contributed by atoms with Crippen molar-refractivity contribution in [1.82, 2.24) is 15.5 Å². The Balaban J connectivity index is 1.69. The summed E-state index contributed by atoms with van der Waals surface area (Å²) in [4.78, 5) is 14.8. The van der Waals surface area contributed by atoms with Gasteiger partial charge >= 0.3 is 0 Å². The number of carbonyl (C=O) groups excluding carboxylic acids is 1. The molecule has 0 saturated carbocycles. The maximum absolute atomic E-state index is 13.2. The summed E-state index contributed by atoms with van der Waals surface area (Å²) in [5.74, 6) is -2.84. The van der Waals surface area contributed by atoms with Gasteiger partial charge in [0.05, 0.1) is 18.6 Å². The number of hydrogen-bond donors (Lipinski definition) is 5. The highest BCUT2D eigenvalue weighted by Gasteiger charge is 2.51. The largest absolute Gasteiger partial charge is 0.465 e. The van der Waals surface area contributed by atoms with Gasteiger partial charge in [0.25, 0.3) is 5.91 Å². The molecule has 2 aliphatic heterocycles. The number of likely N-dealkylation sites (tertiary alicyclic amines) is 1. The van der Waals surface area contributed by atoms with Crippen molar-refractivity contribution in [3.63, 3.8) is 0 Å². The molecule has 1 aromatic carbocycles. The molecule has 2 aliphatic rings. The minimum atomic E-state index is -2.85. The molecule has 5 N–H and O–H groups in total. The number of halogens is 2. The van der Waals surface area contributed by atoms with E-state index >= 15 is 0 Å². The lowest BCUT2D eigenvalue weighted by atomic mass is 9.82. The van der Waals surface area contributed by atoms with Crippen molar-refractivity contribution in [3.8, 4) is 0 Å². The van der Waals surface area contributed by atoms with E-state index in [1.807, 2.05) is 13.8 Å². The van der Waals surface area contributed by atoms with E-state index < -0.39 is 29.4 Å². The summed E-state index contributed by atoms with van der Waals surface area (Å²) in [5.41, 5.74) is -0.236. The van der Waals surface area contributed by atoms with Crippen LogP contribution in [0.2, 0.25) is 0 Å². The van der Waals surface area contributed by atoms with Gasteiger partial charge in [-0.05, 0) is 51.7 Å². The van der Waals surface area contributed by atoms with Gasteiger partial charge < -0.3 is 35.5 Å². The van der Waals surface area contributed by atoms with Gasteiger partial charge in [-0.15, -0.1) is 0 Å². The molecular weight excluding hydrogens is 556 g/mol. The number of nitrogens with zero attached hydrogens (tertiary/aromatic N) is 1. The lowest BCUT2D eigenvalue weighted by molar-refractivity contribution is -0.117. The van der Waals surface area contributed by atoms with Crippen LogP contribution in [0.3, 0.4) is 0 Å². The number of hydrogen-bond acceptors (Lipinski definition) is 7. The smallest absolute Gasteiger partial charge is 0.254 e. The Bertz CT molecular complexity index is 1280. The molecule has 2 saturated heterocycles. The van der Waals surface area contributed by atoms with Gasteiger partial charge in [0, 0.05) is 60.5 Å². The van der Waals surface area contributed by atoms with E-state index in [1.165, 1.54) is 6.26 Å². The lowest BCUT2D eigenvalue weighted by Crippen LogP contribution is -2.53. The van der Waals surface area contributed by atoms with Gasteiger partial charge in [-0.25, -0.2) is 8.78 Å². The average Bonchev–Trinajstić information content (AvgIpc) is 3.53. The highest BCUT2D eigenvalue weighted by molar-refractivity contribution is 6.03. The van der Waals surface area contributed by atoms with Gasteiger partial charge in [-0.2, -0.15) is 0 Å². The molecule has 2 fully saturated rings. The Hall–Kier alpha value is -3.57. The summed E-state index contributed by atoms with van der Waals surface area (Å²) in [7, 11) is 0. The third-order valence-corrected chi connectivity index (χ3v) is 8.30. The van der Waals surface area contributed by atoms with Gasteiger partial charge in [0.2, 0.25) is 5.92 Å². The number of rotatable bonds is 13. The fourth-order valence-electron chi connectivity index (χ4n) is 4.79. The minimum absolute atomic E-state index is 0.0164. The first-order chi connectivity index (χ1) is 20.0. The van der Waals surface area contributed by atoms with Crippen molar-refractivity contribution in [1.29, 1.82) is 10.8 Å². The molecule has 2 heterocycles. The van der Waals surface area contributed by atoms with Crippen LogP contribution in [0.15, 0.2) is 54.6 Å². The predicted molar refractivity (Wildman–Crippen MR) is 164 cm³/mol. The summed E-state index contributed by atoms with van der Waals surface area (Å²) in [6.45, 7) is 14.3. The normalized spacial score (nSPS) is 22.3. The Morgan fingerprint density at radius 2 is 2.00 bits per heavy atom. The Morgan fingerprint density at radius 3 is 2.60 bits per heavy atom. The van der Waals surface area contributed by atoms with Crippen LogP contribution in [0.4, 0.5) is 8.78 Å². The summed E-state index contributed by atoms with van der Waals surface area (Å²) in [5, 5.41) is 34.3. The summed E-state index contributed by atoms with van der Waals surface area (Å²) < 4.78 is 37.5. The number of carbonyl (C=O) groups is 1. The van der Waals surface area contributed by atoms with E-state index in [4.69, 9.17) is 20.3 Å². The molecule has 3 rings (SSSR count). The van der Waals surface area contributed by atoms with Crippen LogP contribution < -0.4 is 10.6 Å². The van der Waals surface area contributed by atoms with E-state index in [-0.39, 0.29) is 35.0 Å². The monoisotopic (exact) mass is 601 g/mol. The molecule has 11 heteroatoms. The van der Waals surface area contributed by atoms with Gasteiger partial charge in [-0.3, -0.25) is 10.2 Å². The molecule has 0 radical (unpaired) electrons. The molecule has 1 aromatic rings. The van der Waals surface area contributed by atoms with Gasteiger partial charge in [0.1, 0.15) is 17.3 Å². The van der Waals surface area contributed by atoms with Crippen LogP contribution >= 0.6 is 0 Å². The molecular formula is C32H45F2N5O4. The zero-order chi connectivity index (χ0) is 32.0. The van der Waals surface area contributed by atoms with Crippen LogP contribution in [0.1, 0.15) is 71.4 Å². The van der Waals surface area contributed by atoms with Crippen molar-refractivity contribution in [2.75, 3.05) is 26.3 Å². The van der Waals surface area contributed by atoms with Crippen molar-refractivity contribution >= 4 is 23.2 Å². The Labute approximate surface area is 253 Å². The highest BCUT2D eigenvalue weighted by Crippen LogP contribution is 2.43. The highest BCUT2D eigenvalue weighted by atomic mass is 19.3. The third kappa shape index (κ3) is 8.96. The van der Waals surface area contributed by atoms with E-state index in [0.29, 0.717) is 49.8 Å². The van der Waals surface area contributed by atoms with E-state index in [2.05, 4.69) is 17.2 Å². The second-order valence-electron chi connectivity index (χ2n) is 12.3. The molecule has 9 nitrogen and oxygen atoms in total. The summed E-state index contributed by atoms with van der Waals surface area (Å²) in [6.07, 6.45) is 3.94. The predicted octanol–water partition coefficient (Wildman–Crippen LogP) is 5.38. The minimum Gasteiger partial charge on any atom is -0.465 e. The second-order valence-corrected chi connectivity index (χ2v) is 12.3. The Kier molecular flexibility index (Phi) is 10.9. The van der Waals surface area contributed by atoms with E-state index in [0.717, 1.165) is 13.3 Å². The van der Waals surface area contributed by atoms with Crippen molar-refractivity contribution in [2.24, 2.45) is 11.3 Å². The van der Waals surface area contributed by atoms with Crippen molar-refractivity contribution < 1.29 is 28.2 Å². The fraction of sp³-hybridized carbons (Fsp3) is 0.531. The third-order valence-electron chi connectivity index (χ3n) is 8.30. The molecule has 0 spiro atoms. The SMILES string of the molecule is C=C(O/C=C(\C)C(=O)N/C(=C/NCC1CCOC1)C(=N)N1CCC(C)(C)C1(C)O)c1cccc(C(=N)CCC(C)(F)F)c1. The zero-order valence-electron chi connectivity index (χ0n) is 25.8. The van der Waals surface area contributed by atoms with Gasteiger partial charge in [-0.1, -0.05) is 38.6 Å². The van der Waals surface area contributed by atoms with E-state index in [1.54, 1.807) is 49.2 Å². The first-order valence-electron chi connectivity index (χ1n) is 14.5. The summed E-state index contributed by atoms with van der Waals surface area (Å²) >= 11 is 0. The van der Waals surface area contributed by atoms with Crippen LogP contribution in [-0.2, 0) is 14.3 Å².